The number of nitrogens with zero attached hydrogens (tertiary/aromatic N) is 4. The first-order valence-corrected chi connectivity index (χ1v) is 8.01. The molecule has 0 atom stereocenters. The monoisotopic (exact) mass is 347 g/mol. The van der Waals surface area contributed by atoms with Crippen molar-refractivity contribution in [1.82, 2.24) is 19.6 Å². The third-order valence-electron chi connectivity index (χ3n) is 3.99. The number of rotatable bonds is 3. The van der Waals surface area contributed by atoms with Crippen LogP contribution in [0, 0.1) is 6.92 Å². The van der Waals surface area contributed by atoms with Crippen molar-refractivity contribution >= 4 is 29.2 Å². The molecule has 0 spiro atoms. The number of nitrogens with one attached hydrogen (secondary N) is 1. The fourth-order valence-electron chi connectivity index (χ4n) is 2.61. The number of hydrogen-bond donors (Lipinski definition) is 1. The van der Waals surface area contributed by atoms with E-state index in [1.807, 2.05) is 26.0 Å². The summed E-state index contributed by atoms with van der Waals surface area (Å²) >= 11 is 6.01. The van der Waals surface area contributed by atoms with Crippen molar-refractivity contribution in [1.29, 1.82) is 0 Å². The highest BCUT2D eigenvalue weighted by Crippen LogP contribution is 2.21. The van der Waals surface area contributed by atoms with E-state index in [-0.39, 0.29) is 18.5 Å². The van der Waals surface area contributed by atoms with Crippen molar-refractivity contribution in [3.63, 3.8) is 0 Å². The summed E-state index contributed by atoms with van der Waals surface area (Å²) in [5, 5.41) is 7.73. The Bertz CT molecular complexity index is 789. The van der Waals surface area contributed by atoms with Crippen LogP contribution in [-0.4, -0.2) is 51.3 Å². The van der Waals surface area contributed by atoms with Gasteiger partial charge < -0.3 is 10.2 Å². The topological polar surface area (TPSA) is 70.5 Å². The van der Waals surface area contributed by atoms with Crippen LogP contribution < -0.4 is 5.32 Å². The number of anilines is 1. The standard InChI is InChI=1S/C16H18ClN5O2/c1-3-20-10-21(9-15(20)23)16(24)19-14-8-18-22(11(14)2)13-6-4-5-12(17)7-13/h4-8H,3,9-10H2,1-2H3,(H,19,24). The summed E-state index contributed by atoms with van der Waals surface area (Å²) in [5.41, 5.74) is 2.19. The summed E-state index contributed by atoms with van der Waals surface area (Å²) < 4.78 is 1.70. The lowest BCUT2D eigenvalue weighted by atomic mass is 10.3. The molecule has 7 nitrogen and oxygen atoms in total. The SMILES string of the molecule is CCN1CN(C(=O)Nc2cnn(-c3cccc(Cl)c3)c2C)CC1=O. The summed E-state index contributed by atoms with van der Waals surface area (Å²) in [5.74, 6) is -0.0426. The molecule has 0 aliphatic carbocycles. The Kier molecular flexibility index (Phi) is 4.44. The Labute approximate surface area is 144 Å². The van der Waals surface area contributed by atoms with Gasteiger partial charge in [-0.1, -0.05) is 17.7 Å². The molecule has 24 heavy (non-hydrogen) atoms. The van der Waals surface area contributed by atoms with Gasteiger partial charge in [0.1, 0.15) is 6.54 Å². The zero-order valence-electron chi connectivity index (χ0n) is 13.5. The fourth-order valence-corrected chi connectivity index (χ4v) is 2.79. The van der Waals surface area contributed by atoms with E-state index in [0.29, 0.717) is 23.9 Å². The van der Waals surface area contributed by atoms with Crippen LogP contribution in [0.25, 0.3) is 5.69 Å². The molecule has 1 N–H and O–H groups in total. The second-order valence-electron chi connectivity index (χ2n) is 5.55. The van der Waals surface area contributed by atoms with Gasteiger partial charge in [0.2, 0.25) is 5.91 Å². The first kappa shape index (κ1) is 16.3. The van der Waals surface area contributed by atoms with Gasteiger partial charge in [-0.3, -0.25) is 9.69 Å². The molecule has 2 aromatic rings. The van der Waals surface area contributed by atoms with Crippen molar-refractivity contribution < 1.29 is 9.59 Å². The number of urea groups is 1. The second-order valence-corrected chi connectivity index (χ2v) is 5.99. The van der Waals surface area contributed by atoms with Crippen LogP contribution in [-0.2, 0) is 4.79 Å². The normalized spacial score (nSPS) is 14.4. The Morgan fingerprint density at radius 3 is 2.88 bits per heavy atom. The van der Waals surface area contributed by atoms with Crippen LogP contribution in [0.4, 0.5) is 10.5 Å². The number of aromatic nitrogens is 2. The van der Waals surface area contributed by atoms with Gasteiger partial charge in [0, 0.05) is 11.6 Å². The summed E-state index contributed by atoms with van der Waals surface area (Å²) in [6.45, 7) is 4.74. The number of benzene rings is 1. The molecule has 1 aliphatic rings. The molecule has 0 radical (unpaired) electrons. The van der Waals surface area contributed by atoms with Crippen molar-refractivity contribution in [2.75, 3.05) is 25.1 Å². The highest BCUT2D eigenvalue weighted by Gasteiger charge is 2.30. The van der Waals surface area contributed by atoms with Gasteiger partial charge in [-0.15, -0.1) is 0 Å². The lowest BCUT2D eigenvalue weighted by Crippen LogP contribution is -2.34. The third-order valence-corrected chi connectivity index (χ3v) is 4.23. The van der Waals surface area contributed by atoms with E-state index in [1.54, 1.807) is 27.9 Å². The highest BCUT2D eigenvalue weighted by atomic mass is 35.5. The van der Waals surface area contributed by atoms with Crippen LogP contribution in [0.15, 0.2) is 30.5 Å². The fraction of sp³-hybridized carbons (Fsp3) is 0.312. The van der Waals surface area contributed by atoms with Crippen molar-refractivity contribution in [3.05, 3.63) is 41.2 Å². The summed E-state index contributed by atoms with van der Waals surface area (Å²) in [6.07, 6.45) is 1.59. The van der Waals surface area contributed by atoms with Crippen molar-refractivity contribution in [2.24, 2.45) is 0 Å². The van der Waals surface area contributed by atoms with Crippen LogP contribution in [0.5, 0.6) is 0 Å². The summed E-state index contributed by atoms with van der Waals surface area (Å²) in [6, 6.07) is 7.00. The number of amides is 3. The average Bonchev–Trinajstić information content (AvgIpc) is 3.11. The molecule has 1 aliphatic heterocycles. The van der Waals surface area contributed by atoms with E-state index in [1.165, 1.54) is 4.90 Å². The van der Waals surface area contributed by atoms with E-state index < -0.39 is 0 Å². The minimum Gasteiger partial charge on any atom is -0.324 e. The van der Waals surface area contributed by atoms with Gasteiger partial charge in [0.25, 0.3) is 0 Å². The quantitative estimate of drug-likeness (QED) is 0.927. The third kappa shape index (κ3) is 3.07. The number of carbonyl (C=O) groups excluding carboxylic acids is 2. The van der Waals surface area contributed by atoms with Crippen molar-refractivity contribution in [2.45, 2.75) is 13.8 Å². The molecule has 3 rings (SSSR count). The van der Waals surface area contributed by atoms with E-state index >= 15 is 0 Å². The van der Waals surface area contributed by atoms with E-state index in [2.05, 4.69) is 10.4 Å². The van der Waals surface area contributed by atoms with Gasteiger partial charge in [-0.2, -0.15) is 5.10 Å². The second kappa shape index (κ2) is 6.52. The maximum absolute atomic E-state index is 12.4. The minimum atomic E-state index is -0.312. The number of halogens is 1. The summed E-state index contributed by atoms with van der Waals surface area (Å²) in [4.78, 5) is 27.2. The van der Waals surface area contributed by atoms with E-state index in [4.69, 9.17) is 11.6 Å². The maximum Gasteiger partial charge on any atom is 0.323 e. The van der Waals surface area contributed by atoms with Gasteiger partial charge in [0.05, 0.1) is 29.9 Å². The molecule has 1 aromatic heterocycles. The van der Waals surface area contributed by atoms with Gasteiger partial charge in [-0.25, -0.2) is 9.48 Å². The van der Waals surface area contributed by atoms with Gasteiger partial charge >= 0.3 is 6.03 Å². The van der Waals surface area contributed by atoms with Gasteiger partial charge in [-0.05, 0) is 32.0 Å². The zero-order valence-corrected chi connectivity index (χ0v) is 14.2. The minimum absolute atomic E-state index is 0.0426. The first-order valence-electron chi connectivity index (χ1n) is 7.64. The molecule has 1 fully saturated rings. The molecule has 3 amide bonds. The van der Waals surface area contributed by atoms with Crippen LogP contribution >= 0.6 is 11.6 Å². The van der Waals surface area contributed by atoms with Crippen LogP contribution in [0.2, 0.25) is 5.02 Å². The largest absolute Gasteiger partial charge is 0.324 e. The van der Waals surface area contributed by atoms with E-state index in [0.717, 1.165) is 11.4 Å². The number of likely N-dealkylation sites (N-methyl/N-ethyl adjacent to an activating group) is 1. The summed E-state index contributed by atoms with van der Waals surface area (Å²) in [7, 11) is 0. The Balaban J connectivity index is 1.75. The molecule has 0 bridgehead atoms. The lowest BCUT2D eigenvalue weighted by Gasteiger charge is -2.17. The molecule has 0 unspecified atom stereocenters. The van der Waals surface area contributed by atoms with Crippen molar-refractivity contribution in [3.8, 4) is 5.69 Å². The Morgan fingerprint density at radius 1 is 1.42 bits per heavy atom. The molecular formula is C16H18ClN5O2. The number of carbonyl (C=O) groups is 2. The Hall–Kier alpha value is -2.54. The zero-order chi connectivity index (χ0) is 17.3. The van der Waals surface area contributed by atoms with Crippen LogP contribution in [0.3, 0.4) is 0 Å². The molecule has 0 saturated carbocycles. The lowest BCUT2D eigenvalue weighted by molar-refractivity contribution is -0.126. The first-order chi connectivity index (χ1) is 11.5. The highest BCUT2D eigenvalue weighted by molar-refractivity contribution is 6.30. The van der Waals surface area contributed by atoms with E-state index in [9.17, 15) is 9.59 Å². The maximum atomic E-state index is 12.4. The molecule has 126 valence electrons. The molecule has 8 heteroatoms. The molecular weight excluding hydrogens is 330 g/mol. The van der Waals surface area contributed by atoms with Crippen LogP contribution in [0.1, 0.15) is 12.6 Å². The Morgan fingerprint density at radius 2 is 2.21 bits per heavy atom. The predicted octanol–water partition coefficient (Wildman–Crippen LogP) is 2.49. The molecule has 1 saturated heterocycles. The predicted molar refractivity (Wildman–Crippen MR) is 91.3 cm³/mol. The average molecular weight is 348 g/mol. The molecule has 1 aromatic carbocycles. The number of hydrogen-bond acceptors (Lipinski definition) is 3. The molecule has 2 heterocycles. The smallest absolute Gasteiger partial charge is 0.323 e. The van der Waals surface area contributed by atoms with Gasteiger partial charge in [0.15, 0.2) is 0 Å².